The molecule has 146 valence electrons. The van der Waals surface area contributed by atoms with E-state index in [1.54, 1.807) is 16.2 Å². The minimum atomic E-state index is -0.206. The molecule has 1 fully saturated rings. The van der Waals surface area contributed by atoms with Crippen molar-refractivity contribution in [3.8, 4) is 5.75 Å². The molecule has 1 aliphatic heterocycles. The summed E-state index contributed by atoms with van der Waals surface area (Å²) in [6.07, 6.45) is 2.08. The van der Waals surface area contributed by atoms with Gasteiger partial charge < -0.3 is 19.4 Å². The van der Waals surface area contributed by atoms with E-state index in [4.69, 9.17) is 9.15 Å². The van der Waals surface area contributed by atoms with Gasteiger partial charge in [0.05, 0.1) is 15.2 Å². The first kappa shape index (κ1) is 18.4. The molecule has 1 saturated heterocycles. The maximum atomic E-state index is 12.6. The Morgan fingerprint density at radius 1 is 1.39 bits per heavy atom. The van der Waals surface area contributed by atoms with E-state index in [-0.39, 0.29) is 30.2 Å². The van der Waals surface area contributed by atoms with Crippen molar-refractivity contribution in [2.45, 2.75) is 32.9 Å². The number of thiazole rings is 1. The summed E-state index contributed by atoms with van der Waals surface area (Å²) in [5, 5.41) is 3.84. The number of carbonyl (C=O) groups is 2. The highest BCUT2D eigenvalue weighted by Crippen LogP contribution is 2.26. The Bertz CT molecular complexity index is 1030. The van der Waals surface area contributed by atoms with E-state index in [9.17, 15) is 9.59 Å². The summed E-state index contributed by atoms with van der Waals surface area (Å²) in [5.41, 5.74) is 1.14. The van der Waals surface area contributed by atoms with Gasteiger partial charge >= 0.3 is 0 Å². The molecule has 1 aliphatic rings. The monoisotopic (exact) mass is 400 g/mol. The van der Waals surface area contributed by atoms with Crippen LogP contribution in [-0.4, -0.2) is 45.8 Å². The van der Waals surface area contributed by atoms with Gasteiger partial charge in [-0.25, -0.2) is 9.97 Å². The fourth-order valence-corrected chi connectivity index (χ4v) is 4.05. The topological polar surface area (TPSA) is 97.6 Å². The first-order chi connectivity index (χ1) is 13.5. The molecule has 28 heavy (non-hydrogen) atoms. The number of benzene rings is 1. The molecule has 4 rings (SSSR count). The summed E-state index contributed by atoms with van der Waals surface area (Å²) >= 11 is 1.63. The predicted molar refractivity (Wildman–Crippen MR) is 103 cm³/mol. The lowest BCUT2D eigenvalue weighted by Gasteiger charge is -2.15. The Kier molecular flexibility index (Phi) is 4.99. The number of aromatic nitrogens is 2. The third kappa shape index (κ3) is 3.99. The lowest BCUT2D eigenvalue weighted by atomic mass is 10.2. The number of hydrogen-bond donors (Lipinski definition) is 1. The predicted octanol–water partition coefficient (Wildman–Crippen LogP) is 2.52. The van der Waals surface area contributed by atoms with E-state index in [0.717, 1.165) is 21.6 Å². The molecule has 1 N–H and O–H groups in total. The van der Waals surface area contributed by atoms with Crippen molar-refractivity contribution in [2.75, 3.05) is 13.1 Å². The van der Waals surface area contributed by atoms with Crippen molar-refractivity contribution in [3.63, 3.8) is 0 Å². The zero-order valence-electron chi connectivity index (χ0n) is 15.6. The van der Waals surface area contributed by atoms with Crippen molar-refractivity contribution in [2.24, 2.45) is 0 Å². The smallest absolute Gasteiger partial charge is 0.275 e. The van der Waals surface area contributed by atoms with Crippen LogP contribution in [0.4, 0.5) is 0 Å². The van der Waals surface area contributed by atoms with Crippen LogP contribution in [0.3, 0.4) is 0 Å². The average molecular weight is 400 g/mol. The number of hydrogen-bond acceptors (Lipinski definition) is 7. The molecule has 2 aromatic heterocycles. The summed E-state index contributed by atoms with van der Waals surface area (Å²) in [5.74, 6) is 0.700. The largest absolute Gasteiger partial charge is 0.484 e. The molecule has 0 bridgehead atoms. The van der Waals surface area contributed by atoms with E-state index >= 15 is 0 Å². The van der Waals surface area contributed by atoms with Gasteiger partial charge in [-0.05, 0) is 25.5 Å². The van der Waals surface area contributed by atoms with Gasteiger partial charge in [-0.3, -0.25) is 9.59 Å². The van der Waals surface area contributed by atoms with Crippen molar-refractivity contribution in [1.29, 1.82) is 0 Å². The molecule has 0 spiro atoms. The molecule has 0 aliphatic carbocycles. The highest BCUT2D eigenvalue weighted by molar-refractivity contribution is 7.18. The van der Waals surface area contributed by atoms with E-state index in [1.165, 1.54) is 13.2 Å². The zero-order valence-corrected chi connectivity index (χ0v) is 16.4. The summed E-state index contributed by atoms with van der Waals surface area (Å²) < 4.78 is 12.2. The van der Waals surface area contributed by atoms with Crippen LogP contribution in [-0.2, 0) is 11.4 Å². The molecule has 8 nitrogen and oxygen atoms in total. The van der Waals surface area contributed by atoms with E-state index in [2.05, 4.69) is 15.3 Å². The molecule has 0 unspecified atom stereocenters. The standard InChI is InChI=1S/C19H20N4O4S/c1-11(24)20-13-5-6-23(8-13)19(25)16-9-27-18(22-16)10-26-14-3-4-17-15(7-14)21-12(2)28-17/h3-4,7,9,13H,5-6,8,10H2,1-2H3,(H,20,24)/t13-/m1/s1. The molecule has 3 aromatic rings. The third-order valence-corrected chi connectivity index (χ3v) is 5.43. The van der Waals surface area contributed by atoms with Crippen LogP contribution in [0.1, 0.15) is 34.7 Å². The highest BCUT2D eigenvalue weighted by Gasteiger charge is 2.29. The number of nitrogens with one attached hydrogen (secondary N) is 1. The number of fused-ring (bicyclic) bond motifs is 1. The summed E-state index contributed by atoms with van der Waals surface area (Å²) in [7, 11) is 0. The highest BCUT2D eigenvalue weighted by atomic mass is 32.1. The maximum absolute atomic E-state index is 12.6. The number of ether oxygens (including phenoxy) is 1. The Labute approximate surface area is 165 Å². The number of oxazole rings is 1. The first-order valence-corrected chi connectivity index (χ1v) is 9.80. The van der Waals surface area contributed by atoms with Crippen molar-refractivity contribution in [3.05, 3.63) is 41.1 Å². The normalized spacial score (nSPS) is 16.5. The Hall–Kier alpha value is -2.94. The van der Waals surface area contributed by atoms with Crippen LogP contribution in [0.2, 0.25) is 0 Å². The Morgan fingerprint density at radius 3 is 3.07 bits per heavy atom. The molecule has 0 saturated carbocycles. The number of amides is 2. The van der Waals surface area contributed by atoms with Crippen LogP contribution >= 0.6 is 11.3 Å². The summed E-state index contributed by atoms with van der Waals surface area (Å²) in [6.45, 7) is 4.62. The van der Waals surface area contributed by atoms with Crippen LogP contribution < -0.4 is 10.1 Å². The minimum absolute atomic E-state index is 0.0135. The number of carbonyl (C=O) groups excluding carboxylic acids is 2. The van der Waals surface area contributed by atoms with Gasteiger partial charge in [-0.2, -0.15) is 0 Å². The van der Waals surface area contributed by atoms with Crippen LogP contribution in [0.5, 0.6) is 5.75 Å². The number of nitrogens with zero attached hydrogens (tertiary/aromatic N) is 3. The van der Waals surface area contributed by atoms with Crippen LogP contribution in [0, 0.1) is 6.92 Å². The number of aryl methyl sites for hydroxylation is 1. The fraction of sp³-hybridized carbons (Fsp3) is 0.368. The molecule has 3 heterocycles. The van der Waals surface area contributed by atoms with E-state index in [1.807, 2.05) is 25.1 Å². The lowest BCUT2D eigenvalue weighted by molar-refractivity contribution is -0.119. The molecule has 0 radical (unpaired) electrons. The Morgan fingerprint density at radius 2 is 2.25 bits per heavy atom. The Balaban J connectivity index is 1.36. The van der Waals surface area contributed by atoms with Gasteiger partial charge in [0.15, 0.2) is 12.3 Å². The van der Waals surface area contributed by atoms with Gasteiger partial charge in [0.25, 0.3) is 5.91 Å². The van der Waals surface area contributed by atoms with E-state index in [0.29, 0.717) is 24.7 Å². The lowest BCUT2D eigenvalue weighted by Crippen LogP contribution is -2.37. The van der Waals surface area contributed by atoms with Crippen molar-refractivity contribution < 1.29 is 18.7 Å². The molecule has 9 heteroatoms. The van der Waals surface area contributed by atoms with E-state index < -0.39 is 0 Å². The van der Waals surface area contributed by atoms with Crippen LogP contribution in [0.15, 0.2) is 28.9 Å². The number of likely N-dealkylation sites (tertiary alicyclic amines) is 1. The van der Waals surface area contributed by atoms with Crippen molar-refractivity contribution >= 4 is 33.4 Å². The molecular weight excluding hydrogens is 380 g/mol. The first-order valence-electron chi connectivity index (χ1n) is 8.99. The average Bonchev–Trinajstić information content (AvgIpc) is 3.37. The van der Waals surface area contributed by atoms with Gasteiger partial charge in [0.2, 0.25) is 11.8 Å². The second kappa shape index (κ2) is 7.59. The number of rotatable bonds is 5. The molecule has 1 atom stereocenters. The second-order valence-corrected chi connectivity index (χ2v) is 7.95. The quantitative estimate of drug-likeness (QED) is 0.707. The third-order valence-electron chi connectivity index (χ3n) is 4.48. The fourth-order valence-electron chi connectivity index (χ4n) is 3.24. The van der Waals surface area contributed by atoms with Gasteiger partial charge in [0.1, 0.15) is 12.0 Å². The van der Waals surface area contributed by atoms with Gasteiger partial charge in [-0.1, -0.05) is 0 Å². The van der Waals surface area contributed by atoms with Gasteiger partial charge in [-0.15, -0.1) is 11.3 Å². The SMILES string of the molecule is CC(=O)N[C@@H]1CCN(C(=O)c2coc(COc3ccc4sc(C)nc4c3)n2)C1. The molecule has 1 aromatic carbocycles. The second-order valence-electron chi connectivity index (χ2n) is 6.71. The minimum Gasteiger partial charge on any atom is -0.484 e. The maximum Gasteiger partial charge on any atom is 0.275 e. The molecular formula is C19H20N4O4S. The summed E-state index contributed by atoms with van der Waals surface area (Å²) in [4.78, 5) is 34.1. The zero-order chi connectivity index (χ0) is 19.7. The van der Waals surface area contributed by atoms with Crippen LogP contribution in [0.25, 0.3) is 10.2 Å². The van der Waals surface area contributed by atoms with Gasteiger partial charge in [0, 0.05) is 32.1 Å². The van der Waals surface area contributed by atoms with Crippen molar-refractivity contribution in [1.82, 2.24) is 20.2 Å². The summed E-state index contributed by atoms with van der Waals surface area (Å²) in [6, 6.07) is 5.71. The molecule has 2 amide bonds.